The van der Waals surface area contributed by atoms with Gasteiger partial charge >= 0.3 is 5.69 Å². The molecule has 0 aliphatic heterocycles. The molecule has 0 aliphatic rings. The zero-order valence-electron chi connectivity index (χ0n) is 10.8. The number of nitrogens with two attached hydrogens (primary N) is 1. The lowest BCUT2D eigenvalue weighted by atomic mass is 10.2. The second-order valence-electron chi connectivity index (χ2n) is 4.25. The first kappa shape index (κ1) is 14.5. The van der Waals surface area contributed by atoms with Crippen LogP contribution in [-0.4, -0.2) is 20.8 Å². The normalized spacial score (nSPS) is 10.8. The molecule has 0 unspecified atom stereocenters. The molecule has 0 radical (unpaired) electrons. The number of aliphatic hydroxyl groups is 1. The molecular formula is C12H21N3O3. The molecule has 0 bridgehead atoms. The molecule has 0 aliphatic carbocycles. The lowest BCUT2D eigenvalue weighted by molar-refractivity contribution is 0.282. The van der Waals surface area contributed by atoms with Gasteiger partial charge in [0.25, 0.3) is 5.56 Å². The summed E-state index contributed by atoms with van der Waals surface area (Å²) in [5.74, 6) is 0. The molecule has 0 saturated carbocycles. The number of rotatable bonds is 7. The van der Waals surface area contributed by atoms with E-state index in [2.05, 4.69) is 0 Å². The van der Waals surface area contributed by atoms with Crippen molar-refractivity contribution in [3.8, 4) is 0 Å². The van der Waals surface area contributed by atoms with Gasteiger partial charge in [0.05, 0.1) is 0 Å². The maximum Gasteiger partial charge on any atom is 0.331 e. The van der Waals surface area contributed by atoms with Crippen molar-refractivity contribution >= 4 is 5.69 Å². The second-order valence-corrected chi connectivity index (χ2v) is 4.25. The lowest BCUT2D eigenvalue weighted by Gasteiger charge is -2.09. The third-order valence-electron chi connectivity index (χ3n) is 2.89. The van der Waals surface area contributed by atoms with E-state index in [0.717, 1.165) is 25.7 Å². The van der Waals surface area contributed by atoms with Crippen molar-refractivity contribution in [2.45, 2.75) is 45.7 Å². The van der Waals surface area contributed by atoms with Gasteiger partial charge in [-0.25, -0.2) is 4.79 Å². The fraction of sp³-hybridized carbons (Fsp3) is 0.667. The topological polar surface area (TPSA) is 90.2 Å². The Morgan fingerprint density at radius 2 is 1.89 bits per heavy atom. The fourth-order valence-electron chi connectivity index (χ4n) is 1.84. The van der Waals surface area contributed by atoms with E-state index in [1.165, 1.54) is 15.3 Å². The number of hydrogen-bond acceptors (Lipinski definition) is 4. The van der Waals surface area contributed by atoms with Crippen LogP contribution in [-0.2, 0) is 13.1 Å². The number of anilines is 1. The highest BCUT2D eigenvalue weighted by Crippen LogP contribution is 2.00. The van der Waals surface area contributed by atoms with Crippen LogP contribution in [0.3, 0.4) is 0 Å². The number of hydrogen-bond donors (Lipinski definition) is 2. The Kier molecular flexibility index (Phi) is 5.64. The number of nitrogens with zero attached hydrogens (tertiary/aromatic N) is 2. The van der Waals surface area contributed by atoms with Crippen LogP contribution in [0.5, 0.6) is 0 Å². The summed E-state index contributed by atoms with van der Waals surface area (Å²) < 4.78 is 2.63. The molecule has 1 rings (SSSR count). The highest BCUT2D eigenvalue weighted by Gasteiger charge is 2.07. The third kappa shape index (κ3) is 3.46. The van der Waals surface area contributed by atoms with Crippen LogP contribution in [0.1, 0.15) is 32.6 Å². The maximum atomic E-state index is 11.9. The molecule has 102 valence electrons. The van der Waals surface area contributed by atoms with E-state index in [-0.39, 0.29) is 18.0 Å². The quantitative estimate of drug-likeness (QED) is 0.679. The van der Waals surface area contributed by atoms with E-state index in [9.17, 15) is 9.59 Å². The molecule has 0 aromatic carbocycles. The molecular weight excluding hydrogens is 234 g/mol. The number of aliphatic hydroxyl groups excluding tert-OH is 1. The highest BCUT2D eigenvalue weighted by molar-refractivity contribution is 5.30. The summed E-state index contributed by atoms with van der Waals surface area (Å²) in [6.07, 6.45) is 4.67. The van der Waals surface area contributed by atoms with Gasteiger partial charge in [-0.15, -0.1) is 0 Å². The summed E-state index contributed by atoms with van der Waals surface area (Å²) in [4.78, 5) is 23.7. The van der Waals surface area contributed by atoms with Gasteiger partial charge in [0.1, 0.15) is 5.69 Å². The summed E-state index contributed by atoms with van der Waals surface area (Å²) in [6, 6.07) is 0. The molecule has 0 amide bonds. The van der Waals surface area contributed by atoms with Crippen LogP contribution >= 0.6 is 0 Å². The predicted molar refractivity (Wildman–Crippen MR) is 70.6 cm³/mol. The Labute approximate surface area is 106 Å². The Morgan fingerprint density at radius 1 is 1.22 bits per heavy atom. The molecule has 0 spiro atoms. The van der Waals surface area contributed by atoms with Gasteiger partial charge in [-0.3, -0.25) is 13.9 Å². The van der Waals surface area contributed by atoms with Crippen LogP contribution in [0.4, 0.5) is 5.69 Å². The van der Waals surface area contributed by atoms with Gasteiger partial charge in [-0.1, -0.05) is 12.8 Å². The van der Waals surface area contributed by atoms with Gasteiger partial charge in [0.2, 0.25) is 0 Å². The monoisotopic (exact) mass is 255 g/mol. The smallest absolute Gasteiger partial charge is 0.331 e. The van der Waals surface area contributed by atoms with Gasteiger partial charge in [-0.2, -0.15) is 0 Å². The Morgan fingerprint density at radius 3 is 2.50 bits per heavy atom. The first-order valence-corrected chi connectivity index (χ1v) is 6.32. The minimum Gasteiger partial charge on any atom is -0.396 e. The van der Waals surface area contributed by atoms with Crippen LogP contribution in [0.2, 0.25) is 0 Å². The number of unbranched alkanes of at least 4 members (excludes halogenated alkanes) is 3. The first-order valence-electron chi connectivity index (χ1n) is 6.32. The molecule has 1 heterocycles. The van der Waals surface area contributed by atoms with Gasteiger partial charge < -0.3 is 10.8 Å². The molecule has 6 heteroatoms. The maximum absolute atomic E-state index is 11.9. The molecule has 0 fully saturated rings. The van der Waals surface area contributed by atoms with Crippen molar-refractivity contribution in [2.24, 2.45) is 0 Å². The zero-order chi connectivity index (χ0) is 13.5. The Hall–Kier alpha value is -1.56. The summed E-state index contributed by atoms with van der Waals surface area (Å²) in [5, 5.41) is 8.65. The summed E-state index contributed by atoms with van der Waals surface area (Å²) in [6.45, 7) is 2.89. The van der Waals surface area contributed by atoms with Crippen molar-refractivity contribution in [1.29, 1.82) is 0 Å². The van der Waals surface area contributed by atoms with E-state index in [4.69, 9.17) is 10.8 Å². The molecule has 6 nitrogen and oxygen atoms in total. The van der Waals surface area contributed by atoms with Crippen molar-refractivity contribution in [3.63, 3.8) is 0 Å². The minimum absolute atomic E-state index is 0.104. The largest absolute Gasteiger partial charge is 0.396 e. The van der Waals surface area contributed by atoms with Crippen LogP contribution < -0.4 is 17.0 Å². The zero-order valence-corrected chi connectivity index (χ0v) is 10.8. The average molecular weight is 255 g/mol. The number of nitrogen functional groups attached to an aromatic ring is 1. The lowest BCUT2D eigenvalue weighted by Crippen LogP contribution is -2.40. The highest BCUT2D eigenvalue weighted by atomic mass is 16.3. The van der Waals surface area contributed by atoms with E-state index < -0.39 is 5.56 Å². The van der Waals surface area contributed by atoms with E-state index in [0.29, 0.717) is 13.1 Å². The van der Waals surface area contributed by atoms with Gasteiger partial charge in [0.15, 0.2) is 0 Å². The minimum atomic E-state index is -0.410. The van der Waals surface area contributed by atoms with Crippen molar-refractivity contribution in [3.05, 3.63) is 27.0 Å². The standard InChI is InChI=1S/C12H21N3O3/c1-2-14-9-10(13)11(17)15(12(14)18)7-5-3-4-6-8-16/h9,16H,2-8,13H2,1H3. The first-order chi connectivity index (χ1) is 8.61. The second kappa shape index (κ2) is 7.00. The van der Waals surface area contributed by atoms with E-state index in [1.54, 1.807) is 0 Å². The molecule has 18 heavy (non-hydrogen) atoms. The molecule has 1 aromatic heterocycles. The van der Waals surface area contributed by atoms with E-state index >= 15 is 0 Å². The van der Waals surface area contributed by atoms with E-state index in [1.807, 2.05) is 6.92 Å². The van der Waals surface area contributed by atoms with Crippen molar-refractivity contribution < 1.29 is 5.11 Å². The molecule has 3 N–H and O–H groups in total. The number of aryl methyl sites for hydroxylation is 1. The SMILES string of the molecule is CCn1cc(N)c(=O)n(CCCCCCO)c1=O. The average Bonchev–Trinajstić information content (AvgIpc) is 2.37. The fourth-order valence-corrected chi connectivity index (χ4v) is 1.84. The van der Waals surface area contributed by atoms with Crippen LogP contribution in [0, 0.1) is 0 Å². The van der Waals surface area contributed by atoms with Crippen LogP contribution in [0.25, 0.3) is 0 Å². The van der Waals surface area contributed by atoms with Gasteiger partial charge in [-0.05, 0) is 19.8 Å². The number of aromatic nitrogens is 2. The van der Waals surface area contributed by atoms with Crippen LogP contribution in [0.15, 0.2) is 15.8 Å². The van der Waals surface area contributed by atoms with Gasteiger partial charge in [0, 0.05) is 25.9 Å². The predicted octanol–water partition coefficient (Wildman–Crippen LogP) is 0.165. The summed E-state index contributed by atoms with van der Waals surface area (Å²) in [5.41, 5.74) is 4.98. The molecule has 0 atom stereocenters. The Bertz CT molecular complexity index is 490. The molecule has 1 aromatic rings. The Balaban J connectivity index is 2.79. The summed E-state index contributed by atoms with van der Waals surface area (Å²) in [7, 11) is 0. The summed E-state index contributed by atoms with van der Waals surface area (Å²) >= 11 is 0. The van der Waals surface area contributed by atoms with Crippen molar-refractivity contribution in [2.75, 3.05) is 12.3 Å². The van der Waals surface area contributed by atoms with Crippen molar-refractivity contribution in [1.82, 2.24) is 9.13 Å². The third-order valence-corrected chi connectivity index (χ3v) is 2.89. The molecule has 0 saturated heterocycles.